The summed E-state index contributed by atoms with van der Waals surface area (Å²) >= 11 is 0. The number of carbonyl (C=O) groups excluding carboxylic acids is 1. The van der Waals surface area contributed by atoms with E-state index in [0.29, 0.717) is 5.56 Å². The second-order valence-corrected chi connectivity index (χ2v) is 4.23. The van der Waals surface area contributed by atoms with E-state index in [1.54, 1.807) is 31.5 Å². The zero-order chi connectivity index (χ0) is 13.1. The van der Waals surface area contributed by atoms with E-state index in [1.807, 2.05) is 6.92 Å². The predicted octanol–water partition coefficient (Wildman–Crippen LogP) is 1.91. The van der Waals surface area contributed by atoms with Gasteiger partial charge in [-0.15, -0.1) is 0 Å². The lowest BCUT2D eigenvalue weighted by atomic mass is 10.1. The van der Waals surface area contributed by atoms with Crippen LogP contribution in [-0.2, 0) is 0 Å². The fraction of sp³-hybridized carbons (Fsp3) is 0.231. The summed E-state index contributed by atoms with van der Waals surface area (Å²) in [5.74, 6) is -0.00636. The van der Waals surface area contributed by atoms with E-state index >= 15 is 0 Å². The number of hydrogen-bond acceptors (Lipinski definition) is 3. The minimum atomic E-state index is -0.166. The van der Waals surface area contributed by atoms with Crippen molar-refractivity contribution >= 4 is 5.91 Å². The van der Waals surface area contributed by atoms with Crippen LogP contribution in [0.4, 0.5) is 0 Å². The molecule has 0 aliphatic heterocycles. The molecule has 0 fully saturated rings. The van der Waals surface area contributed by atoms with Crippen LogP contribution in [0.3, 0.4) is 0 Å². The molecule has 5 heteroatoms. The van der Waals surface area contributed by atoms with Crippen molar-refractivity contribution in [2.75, 3.05) is 0 Å². The largest absolute Gasteiger partial charge is 0.508 e. The Morgan fingerprint density at radius 2 is 2.28 bits per heavy atom. The first-order valence-electron chi connectivity index (χ1n) is 5.67. The topological polar surface area (TPSA) is 78.0 Å². The number of aromatic nitrogens is 2. The van der Waals surface area contributed by atoms with Crippen molar-refractivity contribution in [3.63, 3.8) is 0 Å². The quantitative estimate of drug-likeness (QED) is 0.773. The molecule has 1 amide bonds. The molecule has 1 aromatic heterocycles. The Labute approximate surface area is 105 Å². The molecule has 1 aromatic carbocycles. The molecule has 0 saturated carbocycles. The second kappa shape index (κ2) is 4.91. The van der Waals surface area contributed by atoms with Crippen molar-refractivity contribution in [1.29, 1.82) is 0 Å². The Kier molecular flexibility index (Phi) is 3.32. The lowest BCUT2D eigenvalue weighted by molar-refractivity contribution is 0.0939. The first kappa shape index (κ1) is 12.2. The number of nitrogens with one attached hydrogen (secondary N) is 2. The Morgan fingerprint density at radius 1 is 1.50 bits per heavy atom. The first-order chi connectivity index (χ1) is 8.58. The van der Waals surface area contributed by atoms with E-state index in [-0.39, 0.29) is 17.7 Å². The Balaban J connectivity index is 2.12. The van der Waals surface area contributed by atoms with Gasteiger partial charge in [-0.2, -0.15) is 5.10 Å². The molecular formula is C13H15N3O2. The van der Waals surface area contributed by atoms with Gasteiger partial charge in [-0.25, -0.2) is 0 Å². The summed E-state index contributed by atoms with van der Waals surface area (Å²) in [5.41, 5.74) is 2.22. The van der Waals surface area contributed by atoms with Gasteiger partial charge in [0.2, 0.25) is 0 Å². The molecule has 1 atom stereocenters. The van der Waals surface area contributed by atoms with Crippen LogP contribution in [0.2, 0.25) is 0 Å². The molecule has 0 saturated heterocycles. The predicted molar refractivity (Wildman–Crippen MR) is 67.3 cm³/mol. The highest BCUT2D eigenvalue weighted by Crippen LogP contribution is 2.17. The van der Waals surface area contributed by atoms with Crippen LogP contribution in [0, 0.1) is 6.92 Å². The van der Waals surface area contributed by atoms with Crippen molar-refractivity contribution in [2.24, 2.45) is 0 Å². The normalized spacial score (nSPS) is 12.1. The maximum Gasteiger partial charge on any atom is 0.252 e. The molecule has 5 nitrogen and oxygen atoms in total. The van der Waals surface area contributed by atoms with E-state index in [2.05, 4.69) is 15.5 Å². The third-order valence-electron chi connectivity index (χ3n) is 2.82. The van der Waals surface area contributed by atoms with E-state index in [4.69, 9.17) is 0 Å². The number of carbonyl (C=O) groups is 1. The number of phenolic OH excluding ortho intramolecular Hbond substituents is 1. The van der Waals surface area contributed by atoms with Crippen LogP contribution in [0.15, 0.2) is 30.6 Å². The van der Waals surface area contributed by atoms with Gasteiger partial charge in [0.15, 0.2) is 0 Å². The van der Waals surface area contributed by atoms with Gasteiger partial charge in [0.25, 0.3) is 5.91 Å². The fourth-order valence-electron chi connectivity index (χ4n) is 1.76. The SMILES string of the molecule is Cc1cc(O)ccc1C(=O)NC(C)c1cn[nH]c1. The van der Waals surface area contributed by atoms with E-state index in [1.165, 1.54) is 6.07 Å². The number of amides is 1. The molecule has 0 bridgehead atoms. The maximum absolute atomic E-state index is 12.1. The van der Waals surface area contributed by atoms with Crippen molar-refractivity contribution < 1.29 is 9.90 Å². The maximum atomic E-state index is 12.1. The summed E-state index contributed by atoms with van der Waals surface area (Å²) in [6, 6.07) is 4.56. The van der Waals surface area contributed by atoms with Crippen LogP contribution >= 0.6 is 0 Å². The molecule has 0 spiro atoms. The number of aromatic amines is 1. The van der Waals surface area contributed by atoms with Gasteiger partial charge in [0, 0.05) is 17.3 Å². The minimum absolute atomic E-state index is 0.121. The third kappa shape index (κ3) is 2.51. The smallest absolute Gasteiger partial charge is 0.252 e. The number of nitrogens with zero attached hydrogens (tertiary/aromatic N) is 1. The number of benzene rings is 1. The average molecular weight is 245 g/mol. The second-order valence-electron chi connectivity index (χ2n) is 4.23. The monoisotopic (exact) mass is 245 g/mol. The summed E-state index contributed by atoms with van der Waals surface area (Å²) in [4.78, 5) is 12.1. The van der Waals surface area contributed by atoms with Crippen molar-refractivity contribution in [2.45, 2.75) is 19.9 Å². The molecule has 2 rings (SSSR count). The summed E-state index contributed by atoms with van der Waals surface area (Å²) in [6.45, 7) is 3.68. The molecule has 1 unspecified atom stereocenters. The molecule has 0 aliphatic carbocycles. The Bertz CT molecular complexity index is 549. The zero-order valence-corrected chi connectivity index (χ0v) is 10.3. The number of rotatable bonds is 3. The molecule has 2 aromatic rings. The van der Waals surface area contributed by atoms with Crippen LogP contribution < -0.4 is 5.32 Å². The van der Waals surface area contributed by atoms with E-state index in [9.17, 15) is 9.90 Å². The fourth-order valence-corrected chi connectivity index (χ4v) is 1.76. The summed E-state index contributed by atoms with van der Waals surface area (Å²) < 4.78 is 0. The van der Waals surface area contributed by atoms with Gasteiger partial charge >= 0.3 is 0 Å². The highest BCUT2D eigenvalue weighted by atomic mass is 16.3. The van der Waals surface area contributed by atoms with Crippen LogP contribution in [0.5, 0.6) is 5.75 Å². The number of phenols is 1. The number of aryl methyl sites for hydroxylation is 1. The van der Waals surface area contributed by atoms with Crippen molar-refractivity contribution in [3.8, 4) is 5.75 Å². The summed E-state index contributed by atoms with van der Waals surface area (Å²) in [5, 5.41) is 18.7. The summed E-state index contributed by atoms with van der Waals surface area (Å²) in [6.07, 6.45) is 3.42. The molecular weight excluding hydrogens is 230 g/mol. The Morgan fingerprint density at radius 3 is 2.89 bits per heavy atom. The van der Waals surface area contributed by atoms with Gasteiger partial charge in [-0.05, 0) is 37.6 Å². The average Bonchev–Trinajstić information content (AvgIpc) is 2.81. The van der Waals surface area contributed by atoms with Crippen molar-refractivity contribution in [3.05, 3.63) is 47.3 Å². The van der Waals surface area contributed by atoms with E-state index < -0.39 is 0 Å². The molecule has 1 heterocycles. The number of aromatic hydroxyl groups is 1. The Hall–Kier alpha value is -2.30. The zero-order valence-electron chi connectivity index (χ0n) is 10.3. The highest BCUT2D eigenvalue weighted by Gasteiger charge is 2.14. The van der Waals surface area contributed by atoms with Gasteiger partial charge in [-0.1, -0.05) is 0 Å². The first-order valence-corrected chi connectivity index (χ1v) is 5.67. The lowest BCUT2D eigenvalue weighted by Crippen LogP contribution is -2.27. The lowest BCUT2D eigenvalue weighted by Gasteiger charge is -2.13. The molecule has 0 aliphatic rings. The van der Waals surface area contributed by atoms with E-state index in [0.717, 1.165) is 11.1 Å². The molecule has 3 N–H and O–H groups in total. The number of hydrogen-bond donors (Lipinski definition) is 3. The van der Waals surface area contributed by atoms with Gasteiger partial charge in [0.05, 0.1) is 12.2 Å². The minimum Gasteiger partial charge on any atom is -0.508 e. The molecule has 0 radical (unpaired) electrons. The summed E-state index contributed by atoms with van der Waals surface area (Å²) in [7, 11) is 0. The third-order valence-corrected chi connectivity index (χ3v) is 2.82. The highest BCUT2D eigenvalue weighted by molar-refractivity contribution is 5.96. The standard InChI is InChI=1S/C13H15N3O2/c1-8-5-11(17)3-4-12(8)13(18)16-9(2)10-6-14-15-7-10/h3-7,9,17H,1-2H3,(H,14,15)(H,16,18). The van der Waals surface area contributed by atoms with Crippen LogP contribution in [0.25, 0.3) is 0 Å². The van der Waals surface area contributed by atoms with Crippen molar-refractivity contribution in [1.82, 2.24) is 15.5 Å². The van der Waals surface area contributed by atoms with Gasteiger partial charge < -0.3 is 10.4 Å². The molecule has 94 valence electrons. The number of H-pyrrole nitrogens is 1. The van der Waals surface area contributed by atoms with Gasteiger partial charge in [-0.3, -0.25) is 9.89 Å². The van der Waals surface area contributed by atoms with Crippen LogP contribution in [0.1, 0.15) is 34.5 Å². The van der Waals surface area contributed by atoms with Gasteiger partial charge in [0.1, 0.15) is 5.75 Å². The van der Waals surface area contributed by atoms with Crippen LogP contribution in [-0.4, -0.2) is 21.2 Å². The molecule has 18 heavy (non-hydrogen) atoms.